The molecule has 0 aliphatic rings. The summed E-state index contributed by atoms with van der Waals surface area (Å²) in [6.45, 7) is 4.95. The van der Waals surface area contributed by atoms with Gasteiger partial charge >= 0.3 is 0 Å². The van der Waals surface area contributed by atoms with E-state index in [1.165, 1.54) is 0 Å². The highest BCUT2D eigenvalue weighted by Crippen LogP contribution is 2.34. The van der Waals surface area contributed by atoms with Crippen LogP contribution in [0.3, 0.4) is 0 Å². The third kappa shape index (κ3) is 4.58. The number of methoxy groups -OCH3 is 2. The van der Waals surface area contributed by atoms with Crippen LogP contribution in [0.4, 0.5) is 5.69 Å². The zero-order valence-electron chi connectivity index (χ0n) is 12.7. The number of nitrogen functional groups attached to an aromatic ring is 1. The molecule has 0 unspecified atom stereocenters. The lowest BCUT2D eigenvalue weighted by molar-refractivity contribution is 0.200. The lowest BCUT2D eigenvalue weighted by Crippen LogP contribution is -2.27. The zero-order valence-corrected chi connectivity index (χ0v) is 12.7. The average Bonchev–Trinajstić information content (AvgIpc) is 2.45. The van der Waals surface area contributed by atoms with Crippen molar-refractivity contribution >= 4 is 5.69 Å². The summed E-state index contributed by atoms with van der Waals surface area (Å²) in [7, 11) is 3.20. The molecule has 0 saturated heterocycles. The zero-order chi connectivity index (χ0) is 15.0. The fourth-order valence-electron chi connectivity index (χ4n) is 2.27. The summed E-state index contributed by atoms with van der Waals surface area (Å²) in [6, 6.07) is 3.90. The summed E-state index contributed by atoms with van der Waals surface area (Å²) >= 11 is 0. The first-order valence-corrected chi connectivity index (χ1v) is 6.99. The molecule has 0 radical (unpaired) electrons. The second-order valence-corrected chi connectivity index (χ2v) is 4.68. The number of aliphatic hydroxyl groups excluding tert-OH is 1. The average molecular weight is 282 g/mol. The van der Waals surface area contributed by atoms with Crippen LogP contribution in [0.2, 0.25) is 0 Å². The van der Waals surface area contributed by atoms with Crippen molar-refractivity contribution in [2.24, 2.45) is 0 Å². The lowest BCUT2D eigenvalue weighted by atomic mass is 10.1. The minimum Gasteiger partial charge on any atom is -0.493 e. The summed E-state index contributed by atoms with van der Waals surface area (Å²) in [5, 5.41) is 8.96. The number of rotatable bonds is 9. The molecule has 0 spiro atoms. The van der Waals surface area contributed by atoms with Gasteiger partial charge in [-0.15, -0.1) is 0 Å². The maximum absolute atomic E-state index is 8.96. The van der Waals surface area contributed by atoms with Gasteiger partial charge in [-0.1, -0.05) is 6.92 Å². The van der Waals surface area contributed by atoms with Crippen LogP contribution in [-0.2, 0) is 6.42 Å². The van der Waals surface area contributed by atoms with E-state index in [2.05, 4.69) is 11.8 Å². The monoisotopic (exact) mass is 282 g/mol. The van der Waals surface area contributed by atoms with Gasteiger partial charge in [-0.2, -0.15) is 0 Å². The smallest absolute Gasteiger partial charge is 0.183 e. The van der Waals surface area contributed by atoms with Crippen molar-refractivity contribution in [2.45, 2.75) is 19.8 Å². The first-order chi connectivity index (χ1) is 9.65. The quantitative estimate of drug-likeness (QED) is 0.672. The molecule has 0 fully saturated rings. The molecule has 5 nitrogen and oxygen atoms in total. The standard InChI is InChI=1S/C15H26N2O3/c1-4-17(8-9-18)7-5-6-12-10-13(16)15(20-3)14(11-12)19-2/h10-11,18H,4-9,16H2,1-3H3. The fraction of sp³-hybridized carbons (Fsp3) is 0.600. The SMILES string of the molecule is CCN(CCO)CCCc1cc(N)c(OC)c(OC)c1. The number of anilines is 1. The van der Waals surface area contributed by atoms with E-state index >= 15 is 0 Å². The largest absolute Gasteiger partial charge is 0.493 e. The second kappa shape index (κ2) is 8.66. The van der Waals surface area contributed by atoms with Crippen molar-refractivity contribution in [2.75, 3.05) is 46.2 Å². The number of aryl methyl sites for hydroxylation is 1. The van der Waals surface area contributed by atoms with Gasteiger partial charge in [0.25, 0.3) is 0 Å². The van der Waals surface area contributed by atoms with E-state index in [9.17, 15) is 0 Å². The molecule has 0 atom stereocenters. The number of ether oxygens (including phenoxy) is 2. The molecule has 0 amide bonds. The molecule has 0 heterocycles. The van der Waals surface area contributed by atoms with Crippen molar-refractivity contribution in [1.82, 2.24) is 4.90 Å². The van der Waals surface area contributed by atoms with Gasteiger partial charge in [0, 0.05) is 6.54 Å². The van der Waals surface area contributed by atoms with Crippen molar-refractivity contribution in [3.63, 3.8) is 0 Å². The first kappa shape index (κ1) is 16.6. The van der Waals surface area contributed by atoms with Crippen molar-refractivity contribution in [1.29, 1.82) is 0 Å². The minimum absolute atomic E-state index is 0.206. The highest BCUT2D eigenvalue weighted by atomic mass is 16.5. The molecule has 20 heavy (non-hydrogen) atoms. The van der Waals surface area contributed by atoms with E-state index in [4.69, 9.17) is 20.3 Å². The summed E-state index contributed by atoms with van der Waals surface area (Å²) < 4.78 is 10.5. The maximum atomic E-state index is 8.96. The number of hydrogen-bond acceptors (Lipinski definition) is 5. The van der Waals surface area contributed by atoms with Crippen LogP contribution in [0.5, 0.6) is 11.5 Å². The van der Waals surface area contributed by atoms with Crippen LogP contribution in [0.15, 0.2) is 12.1 Å². The summed E-state index contributed by atoms with van der Waals surface area (Å²) in [6.07, 6.45) is 1.94. The third-order valence-electron chi connectivity index (χ3n) is 3.37. The Balaban J connectivity index is 2.62. The van der Waals surface area contributed by atoms with Crippen LogP contribution in [0.25, 0.3) is 0 Å². The van der Waals surface area contributed by atoms with E-state index in [1.54, 1.807) is 14.2 Å². The summed E-state index contributed by atoms with van der Waals surface area (Å²) in [4.78, 5) is 2.23. The van der Waals surface area contributed by atoms with Crippen LogP contribution in [0, 0.1) is 0 Å². The van der Waals surface area contributed by atoms with E-state index in [1.807, 2.05) is 12.1 Å². The van der Waals surface area contributed by atoms with Crippen LogP contribution >= 0.6 is 0 Å². The molecule has 0 bridgehead atoms. The molecule has 0 aliphatic carbocycles. The molecule has 5 heteroatoms. The Morgan fingerprint density at radius 3 is 2.50 bits per heavy atom. The number of aliphatic hydroxyl groups is 1. The van der Waals surface area contributed by atoms with Gasteiger partial charge in [0.15, 0.2) is 11.5 Å². The molecule has 0 aromatic heterocycles. The Labute approximate surface area is 121 Å². The molecular weight excluding hydrogens is 256 g/mol. The number of benzene rings is 1. The van der Waals surface area contributed by atoms with E-state index in [-0.39, 0.29) is 6.61 Å². The van der Waals surface area contributed by atoms with Crippen molar-refractivity contribution in [3.05, 3.63) is 17.7 Å². The predicted molar refractivity (Wildman–Crippen MR) is 81.5 cm³/mol. The highest BCUT2D eigenvalue weighted by Gasteiger charge is 2.10. The molecule has 0 aliphatic heterocycles. The number of hydrogen-bond donors (Lipinski definition) is 2. The van der Waals surface area contributed by atoms with Crippen LogP contribution in [0.1, 0.15) is 18.9 Å². The molecule has 1 aromatic carbocycles. The predicted octanol–water partition coefficient (Wildman–Crippen LogP) is 1.53. The fourth-order valence-corrected chi connectivity index (χ4v) is 2.27. The van der Waals surface area contributed by atoms with Gasteiger partial charge in [-0.3, -0.25) is 0 Å². The Bertz CT molecular complexity index is 410. The van der Waals surface area contributed by atoms with Gasteiger partial charge in [-0.05, 0) is 43.6 Å². The Morgan fingerprint density at radius 1 is 1.20 bits per heavy atom. The molecule has 1 rings (SSSR count). The van der Waals surface area contributed by atoms with Gasteiger partial charge in [0.05, 0.1) is 26.5 Å². The summed E-state index contributed by atoms with van der Waals surface area (Å²) in [5.74, 6) is 1.26. The lowest BCUT2D eigenvalue weighted by Gasteiger charge is -2.19. The first-order valence-electron chi connectivity index (χ1n) is 6.99. The number of nitrogens with zero attached hydrogens (tertiary/aromatic N) is 1. The van der Waals surface area contributed by atoms with Crippen LogP contribution < -0.4 is 15.2 Å². The minimum atomic E-state index is 0.206. The third-order valence-corrected chi connectivity index (χ3v) is 3.37. The van der Waals surface area contributed by atoms with Crippen LogP contribution in [-0.4, -0.2) is 50.5 Å². The van der Waals surface area contributed by atoms with Gasteiger partial charge in [0.2, 0.25) is 0 Å². The van der Waals surface area contributed by atoms with E-state index in [0.717, 1.165) is 38.0 Å². The molecular formula is C15H26N2O3. The van der Waals surface area contributed by atoms with Crippen molar-refractivity contribution in [3.8, 4) is 11.5 Å². The number of nitrogens with two attached hydrogens (primary N) is 1. The molecule has 0 saturated carbocycles. The Morgan fingerprint density at radius 2 is 1.95 bits per heavy atom. The van der Waals surface area contributed by atoms with Gasteiger partial charge in [0.1, 0.15) is 0 Å². The van der Waals surface area contributed by atoms with E-state index in [0.29, 0.717) is 17.2 Å². The normalized spacial score (nSPS) is 10.8. The molecule has 3 N–H and O–H groups in total. The molecule has 1 aromatic rings. The van der Waals surface area contributed by atoms with Gasteiger partial charge < -0.3 is 25.2 Å². The summed E-state index contributed by atoms with van der Waals surface area (Å²) in [5.41, 5.74) is 7.71. The van der Waals surface area contributed by atoms with Gasteiger partial charge in [-0.25, -0.2) is 0 Å². The second-order valence-electron chi connectivity index (χ2n) is 4.68. The molecule has 114 valence electrons. The maximum Gasteiger partial charge on any atom is 0.183 e. The number of likely N-dealkylation sites (N-methyl/N-ethyl adjacent to an activating group) is 1. The van der Waals surface area contributed by atoms with Crippen molar-refractivity contribution < 1.29 is 14.6 Å². The highest BCUT2D eigenvalue weighted by molar-refractivity contribution is 5.62. The Hall–Kier alpha value is -1.46. The van der Waals surface area contributed by atoms with E-state index < -0.39 is 0 Å². The topological polar surface area (TPSA) is 68.0 Å². The Kier molecular flexibility index (Phi) is 7.18.